The molecule has 0 radical (unpaired) electrons. The number of aromatic nitrogens is 2. The summed E-state index contributed by atoms with van der Waals surface area (Å²) in [6, 6.07) is 7.94. The van der Waals surface area contributed by atoms with Gasteiger partial charge in [-0.05, 0) is 31.0 Å². The molecule has 1 amide bonds. The van der Waals surface area contributed by atoms with E-state index in [1.807, 2.05) is 0 Å². The van der Waals surface area contributed by atoms with Gasteiger partial charge in [-0.2, -0.15) is 23.5 Å². The van der Waals surface area contributed by atoms with Crippen molar-refractivity contribution in [1.29, 1.82) is 5.26 Å². The van der Waals surface area contributed by atoms with Crippen LogP contribution in [0.1, 0.15) is 28.9 Å². The minimum Gasteiger partial charge on any atom is -0.338 e. The molecule has 0 saturated carbocycles. The van der Waals surface area contributed by atoms with E-state index in [4.69, 9.17) is 16.9 Å². The first-order valence-electron chi connectivity index (χ1n) is 7.91. The zero-order chi connectivity index (χ0) is 18.9. The number of hydrogen-bond donors (Lipinski definition) is 0. The quantitative estimate of drug-likeness (QED) is 0.790. The van der Waals surface area contributed by atoms with Gasteiger partial charge in [0.25, 0.3) is 5.91 Å². The Kier molecular flexibility index (Phi) is 4.92. The van der Waals surface area contributed by atoms with Crippen molar-refractivity contribution in [2.75, 3.05) is 13.1 Å². The number of piperidine rings is 1. The molecule has 0 unspecified atom stereocenters. The first-order chi connectivity index (χ1) is 12.3. The molecule has 2 heterocycles. The largest absolute Gasteiger partial charge is 0.434 e. The fourth-order valence-corrected chi connectivity index (χ4v) is 3.15. The maximum atomic E-state index is 13.7. The first kappa shape index (κ1) is 18.3. The Morgan fingerprint density at radius 2 is 2.00 bits per heavy atom. The Bertz CT molecular complexity index is 864. The van der Waals surface area contributed by atoms with E-state index in [1.54, 1.807) is 0 Å². The van der Waals surface area contributed by atoms with E-state index in [-0.39, 0.29) is 29.7 Å². The Morgan fingerprint density at radius 1 is 1.31 bits per heavy atom. The predicted molar refractivity (Wildman–Crippen MR) is 87.8 cm³/mol. The summed E-state index contributed by atoms with van der Waals surface area (Å²) in [4.78, 5) is 14.0. The van der Waals surface area contributed by atoms with Crippen molar-refractivity contribution in [3.8, 4) is 11.8 Å². The standard InChI is InChI=1S/C17H14ClF3N4O/c18-12-2-1-3-13(8-12)25-15(17(19,20)21)14(10-23-25)16(26)24-6-4-11(9-22)5-7-24/h1-3,8,10-11H,4-7H2. The third-order valence-corrected chi connectivity index (χ3v) is 4.52. The van der Waals surface area contributed by atoms with Crippen molar-refractivity contribution in [1.82, 2.24) is 14.7 Å². The predicted octanol–water partition coefficient (Wildman–Crippen LogP) is 3.92. The van der Waals surface area contributed by atoms with E-state index in [0.29, 0.717) is 17.5 Å². The van der Waals surface area contributed by atoms with Crippen LogP contribution in [0, 0.1) is 17.2 Å². The molecule has 0 spiro atoms. The van der Waals surface area contributed by atoms with Crippen LogP contribution in [0.2, 0.25) is 5.02 Å². The van der Waals surface area contributed by atoms with E-state index >= 15 is 0 Å². The van der Waals surface area contributed by atoms with Crippen LogP contribution < -0.4 is 0 Å². The molecule has 136 valence electrons. The molecule has 3 rings (SSSR count). The summed E-state index contributed by atoms with van der Waals surface area (Å²) >= 11 is 5.86. The van der Waals surface area contributed by atoms with Gasteiger partial charge in [-0.1, -0.05) is 17.7 Å². The van der Waals surface area contributed by atoms with Gasteiger partial charge >= 0.3 is 6.18 Å². The summed E-state index contributed by atoms with van der Waals surface area (Å²) in [6.45, 7) is 0.493. The van der Waals surface area contributed by atoms with Gasteiger partial charge in [-0.25, -0.2) is 4.68 Å². The molecule has 5 nitrogen and oxygen atoms in total. The van der Waals surface area contributed by atoms with E-state index < -0.39 is 23.3 Å². The second-order valence-electron chi connectivity index (χ2n) is 5.99. The lowest BCUT2D eigenvalue weighted by Gasteiger charge is -2.29. The Morgan fingerprint density at radius 3 is 2.58 bits per heavy atom. The van der Waals surface area contributed by atoms with Crippen molar-refractivity contribution in [3.05, 3.63) is 46.7 Å². The van der Waals surface area contributed by atoms with Crippen LogP contribution in [0.5, 0.6) is 0 Å². The Hall–Kier alpha value is -2.53. The number of alkyl halides is 3. The summed E-state index contributed by atoms with van der Waals surface area (Å²) < 4.78 is 41.7. The van der Waals surface area contributed by atoms with Gasteiger partial charge in [0.2, 0.25) is 0 Å². The molecule has 1 aliphatic rings. The summed E-state index contributed by atoms with van der Waals surface area (Å²) in [6.07, 6.45) is -2.94. The zero-order valence-electron chi connectivity index (χ0n) is 13.5. The number of benzene rings is 1. The zero-order valence-corrected chi connectivity index (χ0v) is 14.3. The normalized spacial score (nSPS) is 15.7. The summed E-state index contributed by atoms with van der Waals surface area (Å²) in [5.41, 5.74) is -1.52. The third kappa shape index (κ3) is 3.53. The molecule has 0 aliphatic carbocycles. The monoisotopic (exact) mass is 382 g/mol. The second-order valence-corrected chi connectivity index (χ2v) is 6.43. The lowest BCUT2D eigenvalue weighted by Crippen LogP contribution is -2.39. The molecular formula is C17H14ClF3N4O. The van der Waals surface area contributed by atoms with Crippen molar-refractivity contribution < 1.29 is 18.0 Å². The lowest BCUT2D eigenvalue weighted by molar-refractivity contribution is -0.143. The number of nitrogens with zero attached hydrogens (tertiary/aromatic N) is 4. The highest BCUT2D eigenvalue weighted by Gasteiger charge is 2.41. The number of hydrogen-bond acceptors (Lipinski definition) is 3. The maximum absolute atomic E-state index is 13.7. The molecule has 1 aliphatic heterocycles. The van der Waals surface area contributed by atoms with Crippen LogP contribution >= 0.6 is 11.6 Å². The highest BCUT2D eigenvalue weighted by atomic mass is 35.5. The van der Waals surface area contributed by atoms with Gasteiger partial charge in [0.05, 0.1) is 23.5 Å². The summed E-state index contributed by atoms with van der Waals surface area (Å²) in [5.74, 6) is -0.905. The number of nitriles is 1. The minimum absolute atomic E-state index is 0.118. The highest BCUT2D eigenvalue weighted by molar-refractivity contribution is 6.30. The van der Waals surface area contributed by atoms with E-state index in [9.17, 15) is 18.0 Å². The van der Waals surface area contributed by atoms with Crippen LogP contribution in [0.15, 0.2) is 30.5 Å². The molecule has 1 saturated heterocycles. The molecule has 0 atom stereocenters. The van der Waals surface area contributed by atoms with Crippen LogP contribution in [-0.4, -0.2) is 33.7 Å². The highest BCUT2D eigenvalue weighted by Crippen LogP contribution is 2.35. The number of halogens is 4. The molecular weight excluding hydrogens is 369 g/mol. The number of amides is 1. The van der Waals surface area contributed by atoms with E-state index in [2.05, 4.69) is 11.2 Å². The second kappa shape index (κ2) is 7.00. The van der Waals surface area contributed by atoms with Crippen LogP contribution in [-0.2, 0) is 6.18 Å². The Balaban J connectivity index is 1.98. The van der Waals surface area contributed by atoms with Crippen LogP contribution in [0.4, 0.5) is 13.2 Å². The van der Waals surface area contributed by atoms with Gasteiger partial charge in [-0.3, -0.25) is 4.79 Å². The van der Waals surface area contributed by atoms with Gasteiger partial charge in [0, 0.05) is 24.0 Å². The van der Waals surface area contributed by atoms with Crippen LogP contribution in [0.25, 0.3) is 5.69 Å². The SMILES string of the molecule is N#CC1CCN(C(=O)c2cnn(-c3cccc(Cl)c3)c2C(F)(F)F)CC1. The van der Waals surface area contributed by atoms with Crippen molar-refractivity contribution in [2.45, 2.75) is 19.0 Å². The molecule has 26 heavy (non-hydrogen) atoms. The maximum Gasteiger partial charge on any atom is 0.434 e. The third-order valence-electron chi connectivity index (χ3n) is 4.29. The molecule has 1 fully saturated rings. The first-order valence-corrected chi connectivity index (χ1v) is 8.29. The average Bonchev–Trinajstić information content (AvgIpc) is 3.07. The lowest BCUT2D eigenvalue weighted by atomic mass is 9.98. The molecule has 2 aromatic rings. The van der Waals surface area contributed by atoms with Crippen molar-refractivity contribution in [2.24, 2.45) is 5.92 Å². The smallest absolute Gasteiger partial charge is 0.338 e. The van der Waals surface area contributed by atoms with Gasteiger partial charge in [0.1, 0.15) is 0 Å². The summed E-state index contributed by atoms with van der Waals surface area (Å²) in [5, 5.41) is 12.9. The topological polar surface area (TPSA) is 61.9 Å². The molecule has 1 aromatic heterocycles. The number of carbonyl (C=O) groups excluding carboxylic acids is 1. The van der Waals surface area contributed by atoms with Gasteiger partial charge in [0.15, 0.2) is 5.69 Å². The van der Waals surface area contributed by atoms with E-state index in [0.717, 1.165) is 6.20 Å². The molecule has 9 heteroatoms. The van der Waals surface area contributed by atoms with E-state index in [1.165, 1.54) is 29.2 Å². The van der Waals surface area contributed by atoms with Gasteiger partial charge < -0.3 is 4.90 Å². The number of rotatable bonds is 2. The van der Waals surface area contributed by atoms with Gasteiger partial charge in [-0.15, -0.1) is 0 Å². The van der Waals surface area contributed by atoms with Crippen molar-refractivity contribution in [3.63, 3.8) is 0 Å². The fourth-order valence-electron chi connectivity index (χ4n) is 2.96. The molecule has 1 aromatic carbocycles. The molecule has 0 N–H and O–H groups in total. The fraction of sp³-hybridized carbons (Fsp3) is 0.353. The number of carbonyl (C=O) groups is 1. The Labute approximate surface area is 152 Å². The number of likely N-dealkylation sites (tertiary alicyclic amines) is 1. The van der Waals surface area contributed by atoms with Crippen molar-refractivity contribution >= 4 is 17.5 Å². The van der Waals surface area contributed by atoms with Crippen LogP contribution in [0.3, 0.4) is 0 Å². The minimum atomic E-state index is -4.77. The molecule has 0 bridgehead atoms. The average molecular weight is 383 g/mol. The summed E-state index contributed by atoms with van der Waals surface area (Å²) in [7, 11) is 0.